The van der Waals surface area contributed by atoms with Crippen molar-refractivity contribution in [1.82, 2.24) is 0 Å². The molecule has 0 spiro atoms. The molecule has 0 amide bonds. The van der Waals surface area contributed by atoms with E-state index in [9.17, 15) is 20.4 Å². The average molecular weight is 455 g/mol. The number of aliphatic hydroxyl groups is 4. The van der Waals surface area contributed by atoms with Crippen molar-refractivity contribution in [3.8, 4) is 0 Å². The van der Waals surface area contributed by atoms with Gasteiger partial charge in [0, 0.05) is 19.4 Å². The Morgan fingerprint density at radius 2 is 1.44 bits per heavy atom. The second-order valence-corrected chi connectivity index (χ2v) is 8.05. The van der Waals surface area contributed by atoms with E-state index in [1.807, 2.05) is 31.2 Å². The Balaban J connectivity index is 1.51. The van der Waals surface area contributed by atoms with Crippen LogP contribution in [0.25, 0.3) is 6.08 Å². The van der Waals surface area contributed by atoms with Gasteiger partial charge in [-0.25, -0.2) is 0 Å². The molecule has 0 aliphatic carbocycles. The lowest BCUT2D eigenvalue weighted by Crippen LogP contribution is -2.54. The van der Waals surface area contributed by atoms with Crippen molar-refractivity contribution in [1.29, 1.82) is 0 Å². The minimum Gasteiger partial charge on any atom is -0.390 e. The third-order valence-corrected chi connectivity index (χ3v) is 5.63. The lowest BCUT2D eigenvalue weighted by Gasteiger charge is -2.41. The molecule has 2 heterocycles. The first-order valence-corrected chi connectivity index (χ1v) is 11.0. The van der Waals surface area contributed by atoms with Crippen LogP contribution in [0.4, 0.5) is 0 Å². The Kier molecular flexibility index (Phi) is 9.60. The van der Waals surface area contributed by atoms with Gasteiger partial charge >= 0.3 is 0 Å². The summed E-state index contributed by atoms with van der Waals surface area (Å²) in [5, 5.41) is 40.8. The monoisotopic (exact) mass is 454 g/mol. The van der Waals surface area contributed by atoms with Gasteiger partial charge in [0.1, 0.15) is 24.4 Å². The zero-order chi connectivity index (χ0) is 23.1. The molecule has 0 radical (unpaired) electrons. The van der Waals surface area contributed by atoms with Gasteiger partial charge in [-0.05, 0) is 18.1 Å². The standard InChI is InChI=1S/C23H34O9/c1-3-14-5-7-15(8-6-14)11-29-13-19-23(27)17(25)10-21(31-19)32-20-9-16(24)22(26)18(30-20)12-28-4-2/h3,5-8,16-27H,1,4,9-13H2,2H3/t16?,17?,18?,19?,20-,21-,22+,23+/m1/s1. The molecule has 4 N–H and O–H groups in total. The number of hydrogen-bond acceptors (Lipinski definition) is 9. The molecule has 1 aromatic rings. The number of hydrogen-bond donors (Lipinski definition) is 4. The third-order valence-electron chi connectivity index (χ3n) is 5.63. The van der Waals surface area contributed by atoms with Crippen LogP contribution < -0.4 is 0 Å². The lowest BCUT2D eigenvalue weighted by atomic mass is 10.0. The van der Waals surface area contributed by atoms with Gasteiger partial charge < -0.3 is 44.1 Å². The average Bonchev–Trinajstić information content (AvgIpc) is 2.78. The van der Waals surface area contributed by atoms with Crippen molar-refractivity contribution in [2.45, 2.75) is 75.6 Å². The van der Waals surface area contributed by atoms with Crippen molar-refractivity contribution < 1.29 is 44.1 Å². The summed E-state index contributed by atoms with van der Waals surface area (Å²) >= 11 is 0. The molecule has 32 heavy (non-hydrogen) atoms. The van der Waals surface area contributed by atoms with Crippen LogP contribution in [0.3, 0.4) is 0 Å². The van der Waals surface area contributed by atoms with Gasteiger partial charge in [0.15, 0.2) is 12.6 Å². The predicted octanol–water partition coefficient (Wildman–Crippen LogP) is 0.573. The Morgan fingerprint density at radius 1 is 0.906 bits per heavy atom. The number of ether oxygens (including phenoxy) is 5. The molecule has 1 aromatic carbocycles. The van der Waals surface area contributed by atoms with Crippen LogP contribution in [0.5, 0.6) is 0 Å². The Bertz CT molecular complexity index is 697. The Labute approximate surface area is 188 Å². The van der Waals surface area contributed by atoms with Gasteiger partial charge in [-0.1, -0.05) is 36.9 Å². The maximum atomic E-state index is 10.3. The molecular weight excluding hydrogens is 420 g/mol. The molecule has 0 saturated carbocycles. The fourth-order valence-corrected chi connectivity index (χ4v) is 3.73. The molecule has 4 unspecified atom stereocenters. The smallest absolute Gasteiger partial charge is 0.163 e. The molecule has 9 nitrogen and oxygen atoms in total. The number of aliphatic hydroxyl groups excluding tert-OH is 4. The molecule has 3 rings (SSSR count). The normalized spacial score (nSPS) is 35.5. The zero-order valence-electron chi connectivity index (χ0n) is 18.3. The van der Waals surface area contributed by atoms with E-state index in [0.717, 1.165) is 11.1 Å². The van der Waals surface area contributed by atoms with Crippen molar-refractivity contribution >= 4 is 6.08 Å². The molecule has 0 bridgehead atoms. The van der Waals surface area contributed by atoms with Crippen LogP contribution in [-0.2, 0) is 30.3 Å². The molecule has 8 atom stereocenters. The summed E-state index contributed by atoms with van der Waals surface area (Å²) in [5.74, 6) is 0. The van der Waals surface area contributed by atoms with Crippen LogP contribution >= 0.6 is 0 Å². The fourth-order valence-electron chi connectivity index (χ4n) is 3.73. The largest absolute Gasteiger partial charge is 0.390 e. The van der Waals surface area contributed by atoms with Crippen LogP contribution in [0, 0.1) is 0 Å². The fraction of sp³-hybridized carbons (Fsp3) is 0.652. The van der Waals surface area contributed by atoms with Crippen LogP contribution in [0.1, 0.15) is 30.9 Å². The summed E-state index contributed by atoms with van der Waals surface area (Å²) in [7, 11) is 0. The molecule has 180 valence electrons. The quantitative estimate of drug-likeness (QED) is 0.401. The maximum Gasteiger partial charge on any atom is 0.163 e. The first-order chi connectivity index (χ1) is 15.4. The van der Waals surface area contributed by atoms with E-state index in [2.05, 4.69) is 6.58 Å². The van der Waals surface area contributed by atoms with E-state index in [1.165, 1.54) is 0 Å². The summed E-state index contributed by atoms with van der Waals surface area (Å²) in [6.07, 6.45) is -5.72. The van der Waals surface area contributed by atoms with E-state index >= 15 is 0 Å². The van der Waals surface area contributed by atoms with Crippen molar-refractivity contribution in [2.75, 3.05) is 19.8 Å². The number of rotatable bonds is 10. The van der Waals surface area contributed by atoms with Gasteiger partial charge in [-0.3, -0.25) is 0 Å². The van der Waals surface area contributed by atoms with E-state index in [4.69, 9.17) is 23.7 Å². The first-order valence-electron chi connectivity index (χ1n) is 11.0. The highest BCUT2D eigenvalue weighted by molar-refractivity contribution is 5.47. The summed E-state index contributed by atoms with van der Waals surface area (Å²) < 4.78 is 28.3. The molecular formula is C23H34O9. The van der Waals surface area contributed by atoms with E-state index < -0.39 is 49.2 Å². The van der Waals surface area contributed by atoms with Gasteiger partial charge in [-0.2, -0.15) is 0 Å². The Hall–Kier alpha value is -1.40. The highest BCUT2D eigenvalue weighted by atomic mass is 16.8. The maximum absolute atomic E-state index is 10.3. The second kappa shape index (κ2) is 12.2. The second-order valence-electron chi connectivity index (χ2n) is 8.05. The van der Waals surface area contributed by atoms with Crippen LogP contribution in [0.15, 0.2) is 30.8 Å². The summed E-state index contributed by atoms with van der Waals surface area (Å²) in [5.41, 5.74) is 1.96. The number of benzene rings is 1. The van der Waals surface area contributed by atoms with Crippen LogP contribution in [-0.4, -0.2) is 89.5 Å². The summed E-state index contributed by atoms with van der Waals surface area (Å²) in [6, 6.07) is 7.71. The zero-order valence-corrected chi connectivity index (χ0v) is 18.3. The van der Waals surface area contributed by atoms with Gasteiger partial charge in [0.25, 0.3) is 0 Å². The molecule has 2 aliphatic heterocycles. The molecule has 2 aliphatic rings. The third kappa shape index (κ3) is 6.80. The van der Waals surface area contributed by atoms with Gasteiger partial charge in [0.2, 0.25) is 0 Å². The molecule has 2 fully saturated rings. The highest BCUT2D eigenvalue weighted by Gasteiger charge is 2.42. The minimum atomic E-state index is -1.12. The summed E-state index contributed by atoms with van der Waals surface area (Å²) in [6.45, 7) is 6.48. The predicted molar refractivity (Wildman–Crippen MR) is 114 cm³/mol. The molecule has 2 saturated heterocycles. The van der Waals surface area contributed by atoms with Gasteiger partial charge in [0.05, 0.1) is 32.0 Å². The van der Waals surface area contributed by atoms with Gasteiger partial charge in [-0.15, -0.1) is 0 Å². The van der Waals surface area contributed by atoms with Crippen molar-refractivity contribution in [3.05, 3.63) is 42.0 Å². The van der Waals surface area contributed by atoms with E-state index in [-0.39, 0.29) is 26.1 Å². The lowest BCUT2D eigenvalue weighted by molar-refractivity contribution is -0.335. The van der Waals surface area contributed by atoms with Crippen molar-refractivity contribution in [2.24, 2.45) is 0 Å². The molecule has 9 heteroatoms. The highest BCUT2D eigenvalue weighted by Crippen LogP contribution is 2.27. The van der Waals surface area contributed by atoms with Crippen molar-refractivity contribution in [3.63, 3.8) is 0 Å². The minimum absolute atomic E-state index is 0.0370. The van der Waals surface area contributed by atoms with Crippen LogP contribution in [0.2, 0.25) is 0 Å². The topological polar surface area (TPSA) is 127 Å². The first kappa shape index (κ1) is 25.2. The van der Waals surface area contributed by atoms with E-state index in [0.29, 0.717) is 13.2 Å². The van der Waals surface area contributed by atoms with E-state index in [1.54, 1.807) is 6.08 Å². The summed E-state index contributed by atoms with van der Waals surface area (Å²) in [4.78, 5) is 0. The SMILES string of the molecule is C=Cc1ccc(COCC2O[C@H](O[C@@H]3CC(O)[C@H](O)C(COCC)O3)CC(O)[C@@H]2O)cc1. The molecule has 0 aromatic heterocycles. The Morgan fingerprint density at radius 3 is 1.94 bits per heavy atom.